The van der Waals surface area contributed by atoms with Gasteiger partial charge in [-0.15, -0.1) is 0 Å². The van der Waals surface area contributed by atoms with Gasteiger partial charge in [0, 0.05) is 33.1 Å². The van der Waals surface area contributed by atoms with Crippen LogP contribution in [0, 0.1) is 0 Å². The molecular weight excluding hydrogens is 427 g/mol. The van der Waals surface area contributed by atoms with Gasteiger partial charge < -0.3 is 9.30 Å². The molecular formula is C23H17Cl3N2O. The second-order valence-electron chi connectivity index (χ2n) is 6.54. The van der Waals surface area contributed by atoms with Crippen molar-refractivity contribution in [1.29, 1.82) is 0 Å². The Morgan fingerprint density at radius 2 is 1.48 bits per heavy atom. The van der Waals surface area contributed by atoms with Crippen LogP contribution in [-0.4, -0.2) is 9.55 Å². The van der Waals surface area contributed by atoms with Gasteiger partial charge in [-0.3, -0.25) is 0 Å². The molecule has 4 rings (SSSR count). The highest BCUT2D eigenvalue weighted by atomic mass is 35.5. The first-order chi connectivity index (χ1) is 14.1. The molecule has 1 aromatic heterocycles. The molecule has 0 fully saturated rings. The van der Waals surface area contributed by atoms with E-state index in [-0.39, 0.29) is 6.10 Å². The zero-order valence-corrected chi connectivity index (χ0v) is 17.6. The fraction of sp³-hybridized carbons (Fsp3) is 0.0870. The molecule has 1 unspecified atom stereocenters. The van der Waals surface area contributed by atoms with Gasteiger partial charge in [-0.25, -0.2) is 4.98 Å². The SMILES string of the molecule is Clc1ccc(C(OCc2ccc(Cl)cc2Cl)c2ccc(-n3ccnc3)cc2)cc1. The highest BCUT2D eigenvalue weighted by Gasteiger charge is 2.16. The Kier molecular flexibility index (Phi) is 6.22. The van der Waals surface area contributed by atoms with Crippen LogP contribution in [0.4, 0.5) is 0 Å². The van der Waals surface area contributed by atoms with E-state index >= 15 is 0 Å². The summed E-state index contributed by atoms with van der Waals surface area (Å²) in [6, 6.07) is 21.3. The number of hydrogen-bond donors (Lipinski definition) is 0. The second kappa shape index (κ2) is 9.02. The Hall–Kier alpha value is -2.30. The van der Waals surface area contributed by atoms with E-state index < -0.39 is 0 Å². The average Bonchev–Trinajstić information content (AvgIpc) is 3.26. The summed E-state index contributed by atoms with van der Waals surface area (Å²) >= 11 is 18.4. The quantitative estimate of drug-likeness (QED) is 0.317. The van der Waals surface area contributed by atoms with Crippen LogP contribution in [0.5, 0.6) is 0 Å². The lowest BCUT2D eigenvalue weighted by molar-refractivity contribution is 0.0668. The molecule has 0 amide bonds. The van der Waals surface area contributed by atoms with Crippen LogP contribution >= 0.6 is 34.8 Å². The molecule has 1 heterocycles. The number of benzene rings is 3. The van der Waals surface area contributed by atoms with Crippen molar-refractivity contribution in [3.63, 3.8) is 0 Å². The molecule has 6 heteroatoms. The van der Waals surface area contributed by atoms with Gasteiger partial charge in [0.25, 0.3) is 0 Å². The highest BCUT2D eigenvalue weighted by Crippen LogP contribution is 2.30. The molecule has 3 nitrogen and oxygen atoms in total. The van der Waals surface area contributed by atoms with Crippen molar-refractivity contribution >= 4 is 34.8 Å². The van der Waals surface area contributed by atoms with E-state index in [0.29, 0.717) is 21.7 Å². The van der Waals surface area contributed by atoms with E-state index in [2.05, 4.69) is 17.1 Å². The van der Waals surface area contributed by atoms with E-state index in [0.717, 1.165) is 22.4 Å². The number of rotatable bonds is 6. The van der Waals surface area contributed by atoms with Gasteiger partial charge in [-0.2, -0.15) is 0 Å². The van der Waals surface area contributed by atoms with Crippen molar-refractivity contribution in [3.05, 3.63) is 117 Å². The van der Waals surface area contributed by atoms with Crippen molar-refractivity contribution in [1.82, 2.24) is 9.55 Å². The van der Waals surface area contributed by atoms with Crippen LogP contribution in [0.15, 0.2) is 85.5 Å². The van der Waals surface area contributed by atoms with E-state index in [1.54, 1.807) is 18.6 Å². The molecule has 0 aliphatic heterocycles. The van der Waals surface area contributed by atoms with E-state index in [9.17, 15) is 0 Å². The molecule has 0 radical (unpaired) electrons. The van der Waals surface area contributed by atoms with Gasteiger partial charge >= 0.3 is 0 Å². The summed E-state index contributed by atoms with van der Waals surface area (Å²) in [5.74, 6) is 0. The molecule has 1 atom stereocenters. The first-order valence-corrected chi connectivity index (χ1v) is 10.1. The Bertz CT molecular complexity index is 1080. The van der Waals surface area contributed by atoms with Crippen LogP contribution in [0.25, 0.3) is 5.69 Å². The van der Waals surface area contributed by atoms with E-state index in [1.165, 1.54) is 0 Å². The topological polar surface area (TPSA) is 27.1 Å². The van der Waals surface area contributed by atoms with Crippen molar-refractivity contribution < 1.29 is 4.74 Å². The third-order valence-corrected chi connectivity index (χ3v) is 5.43. The summed E-state index contributed by atoms with van der Waals surface area (Å²) in [6.07, 6.45) is 5.16. The number of halogens is 3. The smallest absolute Gasteiger partial charge is 0.108 e. The summed E-state index contributed by atoms with van der Waals surface area (Å²) in [7, 11) is 0. The first-order valence-electron chi connectivity index (χ1n) is 8.99. The van der Waals surface area contributed by atoms with Crippen molar-refractivity contribution in [2.75, 3.05) is 0 Å². The van der Waals surface area contributed by atoms with E-state index in [4.69, 9.17) is 39.5 Å². The predicted molar refractivity (Wildman–Crippen MR) is 118 cm³/mol. The van der Waals surface area contributed by atoms with Gasteiger partial charge in [0.05, 0.1) is 12.9 Å². The van der Waals surface area contributed by atoms with Crippen molar-refractivity contribution in [2.24, 2.45) is 0 Å². The Labute approximate surface area is 184 Å². The molecule has 0 saturated heterocycles. The Morgan fingerprint density at radius 3 is 2.10 bits per heavy atom. The van der Waals surface area contributed by atoms with Crippen molar-refractivity contribution in [3.8, 4) is 5.69 Å². The molecule has 0 spiro atoms. The maximum atomic E-state index is 6.31. The molecule has 0 N–H and O–H groups in total. The summed E-state index contributed by atoms with van der Waals surface area (Å²) in [6.45, 7) is 0.354. The standard InChI is InChI=1S/C23H17Cl3N2O/c24-19-6-1-16(2-7-19)23(29-14-18-3-8-20(25)13-22(18)26)17-4-9-21(10-5-17)28-12-11-27-15-28/h1-13,15,23H,14H2. The number of ether oxygens (including phenoxy) is 1. The Balaban J connectivity index is 1.62. The summed E-state index contributed by atoms with van der Waals surface area (Å²) < 4.78 is 8.26. The van der Waals surface area contributed by atoms with E-state index in [1.807, 2.05) is 59.3 Å². The van der Waals surface area contributed by atoms with Gasteiger partial charge in [0.15, 0.2) is 0 Å². The fourth-order valence-corrected chi connectivity index (χ4v) is 3.66. The minimum atomic E-state index is -0.268. The second-order valence-corrected chi connectivity index (χ2v) is 7.82. The fourth-order valence-electron chi connectivity index (χ4n) is 3.07. The largest absolute Gasteiger partial charge is 0.364 e. The predicted octanol–water partition coefficient (Wildman–Crippen LogP) is 7.14. The normalized spacial score (nSPS) is 12.1. The lowest BCUT2D eigenvalue weighted by Crippen LogP contribution is -2.07. The first kappa shape index (κ1) is 20.0. The third kappa shape index (κ3) is 4.82. The number of hydrogen-bond acceptors (Lipinski definition) is 2. The molecule has 0 aliphatic rings. The monoisotopic (exact) mass is 442 g/mol. The molecule has 0 bridgehead atoms. The molecule has 29 heavy (non-hydrogen) atoms. The zero-order chi connectivity index (χ0) is 20.2. The van der Waals surface area contributed by atoms with Gasteiger partial charge in [-0.1, -0.05) is 65.1 Å². The molecule has 0 saturated carbocycles. The number of aromatic nitrogens is 2. The molecule has 0 aliphatic carbocycles. The molecule has 146 valence electrons. The maximum absolute atomic E-state index is 6.31. The zero-order valence-electron chi connectivity index (χ0n) is 15.3. The average molecular weight is 444 g/mol. The minimum absolute atomic E-state index is 0.268. The molecule has 4 aromatic rings. The van der Waals surface area contributed by atoms with Gasteiger partial charge in [-0.05, 0) is 53.1 Å². The van der Waals surface area contributed by atoms with Gasteiger partial charge in [0.2, 0.25) is 0 Å². The number of nitrogens with zero attached hydrogens (tertiary/aromatic N) is 2. The summed E-state index contributed by atoms with van der Waals surface area (Å²) in [4.78, 5) is 4.09. The third-order valence-electron chi connectivity index (χ3n) is 4.59. The molecule has 3 aromatic carbocycles. The summed E-state index contributed by atoms with van der Waals surface area (Å²) in [5.41, 5.74) is 3.95. The van der Waals surface area contributed by atoms with Crippen LogP contribution in [0.1, 0.15) is 22.8 Å². The van der Waals surface area contributed by atoms with Crippen molar-refractivity contribution in [2.45, 2.75) is 12.7 Å². The lowest BCUT2D eigenvalue weighted by Gasteiger charge is -2.20. The van der Waals surface area contributed by atoms with Crippen LogP contribution in [0.3, 0.4) is 0 Å². The highest BCUT2D eigenvalue weighted by molar-refractivity contribution is 6.35. The Morgan fingerprint density at radius 1 is 0.828 bits per heavy atom. The van der Waals surface area contributed by atoms with Crippen LogP contribution < -0.4 is 0 Å². The van der Waals surface area contributed by atoms with Crippen LogP contribution in [-0.2, 0) is 11.3 Å². The maximum Gasteiger partial charge on any atom is 0.108 e. The van der Waals surface area contributed by atoms with Crippen LogP contribution in [0.2, 0.25) is 15.1 Å². The minimum Gasteiger partial charge on any atom is -0.364 e. The van der Waals surface area contributed by atoms with Gasteiger partial charge in [0.1, 0.15) is 6.10 Å². The summed E-state index contributed by atoms with van der Waals surface area (Å²) in [5, 5.41) is 1.87. The number of imidazole rings is 1. The lowest BCUT2D eigenvalue weighted by atomic mass is 10.0.